The molecule has 18 heavy (non-hydrogen) atoms. The third-order valence-corrected chi connectivity index (χ3v) is 3.75. The maximum absolute atomic E-state index is 10.9. The van der Waals surface area contributed by atoms with Gasteiger partial charge in [0.15, 0.2) is 0 Å². The Morgan fingerprint density at radius 2 is 2.06 bits per heavy atom. The highest BCUT2D eigenvalue weighted by atomic mass is 32.1. The van der Waals surface area contributed by atoms with Gasteiger partial charge < -0.3 is 10.0 Å². The first-order valence-electron chi connectivity index (χ1n) is 5.67. The van der Waals surface area contributed by atoms with Gasteiger partial charge in [0.2, 0.25) is 0 Å². The smallest absolute Gasteiger partial charge is 0.345 e. The van der Waals surface area contributed by atoms with E-state index in [4.69, 9.17) is 5.11 Å². The molecule has 2 heterocycles. The Balaban J connectivity index is 2.15. The molecule has 0 aliphatic heterocycles. The van der Waals surface area contributed by atoms with Gasteiger partial charge >= 0.3 is 5.97 Å². The van der Waals surface area contributed by atoms with E-state index in [9.17, 15) is 4.79 Å². The molecule has 0 atom stereocenters. The van der Waals surface area contributed by atoms with Crippen LogP contribution in [0.4, 0.5) is 5.00 Å². The summed E-state index contributed by atoms with van der Waals surface area (Å²) in [5.41, 5.74) is 1.16. The highest BCUT2D eigenvalue weighted by molar-refractivity contribution is 7.17. The number of carbonyl (C=O) groups is 1. The average molecular weight is 262 g/mol. The maximum Gasteiger partial charge on any atom is 0.345 e. The summed E-state index contributed by atoms with van der Waals surface area (Å²) in [4.78, 5) is 17.4. The molecular weight excluding hydrogens is 248 g/mol. The number of carboxylic acids is 1. The van der Waals surface area contributed by atoms with E-state index < -0.39 is 5.97 Å². The first-order valence-corrected chi connectivity index (χ1v) is 6.49. The van der Waals surface area contributed by atoms with Crippen LogP contribution in [-0.2, 0) is 6.54 Å². The van der Waals surface area contributed by atoms with Crippen molar-refractivity contribution in [1.29, 1.82) is 0 Å². The summed E-state index contributed by atoms with van der Waals surface area (Å²) >= 11 is 1.30. The van der Waals surface area contributed by atoms with E-state index >= 15 is 0 Å². The zero-order chi connectivity index (χ0) is 13.0. The number of pyridine rings is 1. The second-order valence-corrected chi connectivity index (χ2v) is 4.87. The lowest BCUT2D eigenvalue weighted by Crippen LogP contribution is -2.20. The van der Waals surface area contributed by atoms with Crippen molar-refractivity contribution < 1.29 is 9.90 Å². The molecule has 0 radical (unpaired) electrons. The van der Waals surface area contributed by atoms with E-state index in [0.717, 1.165) is 23.7 Å². The van der Waals surface area contributed by atoms with E-state index in [1.165, 1.54) is 11.3 Å². The second-order valence-electron chi connectivity index (χ2n) is 3.81. The van der Waals surface area contributed by atoms with Gasteiger partial charge in [0.25, 0.3) is 0 Å². The second kappa shape index (κ2) is 5.64. The predicted octanol–water partition coefficient (Wildman–Crippen LogP) is 2.87. The van der Waals surface area contributed by atoms with Crippen molar-refractivity contribution in [3.63, 3.8) is 0 Å². The normalized spacial score (nSPS) is 10.3. The van der Waals surface area contributed by atoms with Gasteiger partial charge in [-0.1, -0.05) is 0 Å². The Morgan fingerprint density at radius 3 is 2.61 bits per heavy atom. The Hall–Kier alpha value is -1.88. The van der Waals surface area contributed by atoms with Crippen molar-refractivity contribution in [3.05, 3.63) is 47.1 Å². The van der Waals surface area contributed by atoms with Crippen LogP contribution in [0.2, 0.25) is 0 Å². The van der Waals surface area contributed by atoms with Crippen LogP contribution in [0.25, 0.3) is 0 Å². The molecule has 0 spiro atoms. The topological polar surface area (TPSA) is 53.4 Å². The first kappa shape index (κ1) is 12.6. The first-order chi connectivity index (χ1) is 8.70. The Labute approximate surface area is 110 Å². The molecule has 2 aromatic heterocycles. The van der Waals surface area contributed by atoms with Crippen LogP contribution in [0.1, 0.15) is 22.2 Å². The fourth-order valence-corrected chi connectivity index (χ4v) is 2.57. The highest BCUT2D eigenvalue weighted by Crippen LogP contribution is 2.27. The molecule has 0 amide bonds. The summed E-state index contributed by atoms with van der Waals surface area (Å²) in [7, 11) is 0. The van der Waals surface area contributed by atoms with Gasteiger partial charge in [-0.3, -0.25) is 4.98 Å². The number of nitrogens with zero attached hydrogens (tertiary/aromatic N) is 2. The molecule has 0 aliphatic rings. The number of aromatic carboxylic acids is 1. The maximum atomic E-state index is 10.9. The summed E-state index contributed by atoms with van der Waals surface area (Å²) in [6, 6.07) is 7.44. The van der Waals surface area contributed by atoms with Crippen LogP contribution in [0.15, 0.2) is 36.7 Å². The lowest BCUT2D eigenvalue weighted by atomic mass is 10.2. The highest BCUT2D eigenvalue weighted by Gasteiger charge is 2.11. The Bertz CT molecular complexity index is 525. The summed E-state index contributed by atoms with van der Waals surface area (Å²) in [6.45, 7) is 3.65. The van der Waals surface area contributed by atoms with Crippen LogP contribution in [-0.4, -0.2) is 22.6 Å². The van der Waals surface area contributed by atoms with E-state index in [1.54, 1.807) is 18.5 Å². The summed E-state index contributed by atoms with van der Waals surface area (Å²) < 4.78 is 0. The van der Waals surface area contributed by atoms with Crippen molar-refractivity contribution in [3.8, 4) is 0 Å². The Morgan fingerprint density at radius 1 is 1.33 bits per heavy atom. The van der Waals surface area contributed by atoms with Crippen LogP contribution < -0.4 is 4.90 Å². The molecule has 94 valence electrons. The molecule has 5 heteroatoms. The van der Waals surface area contributed by atoms with Gasteiger partial charge in [-0.2, -0.15) is 0 Å². The SMILES string of the molecule is CCN(Cc1ccncc1)c1ccc(C(=O)O)s1. The molecule has 2 aromatic rings. The minimum atomic E-state index is -0.869. The van der Waals surface area contributed by atoms with E-state index in [2.05, 4.69) is 16.8 Å². The van der Waals surface area contributed by atoms with E-state index in [1.807, 2.05) is 18.2 Å². The van der Waals surface area contributed by atoms with Crippen molar-refractivity contribution in [2.24, 2.45) is 0 Å². The van der Waals surface area contributed by atoms with Crippen molar-refractivity contribution in [1.82, 2.24) is 4.98 Å². The molecule has 0 aliphatic carbocycles. The molecule has 0 aromatic carbocycles. The molecule has 1 N–H and O–H groups in total. The Kier molecular flexibility index (Phi) is 3.94. The van der Waals surface area contributed by atoms with E-state index in [0.29, 0.717) is 4.88 Å². The number of carboxylic acid groups (broad SMARTS) is 1. The third kappa shape index (κ3) is 2.87. The summed E-state index contributed by atoms with van der Waals surface area (Å²) in [5.74, 6) is -0.869. The lowest BCUT2D eigenvalue weighted by Gasteiger charge is -2.20. The minimum absolute atomic E-state index is 0.373. The van der Waals surface area contributed by atoms with Gasteiger partial charge in [-0.05, 0) is 36.8 Å². The van der Waals surface area contributed by atoms with Crippen molar-refractivity contribution >= 4 is 22.3 Å². The van der Waals surface area contributed by atoms with Gasteiger partial charge in [0.1, 0.15) is 4.88 Å². The average Bonchev–Trinajstić information content (AvgIpc) is 2.87. The largest absolute Gasteiger partial charge is 0.477 e. The quantitative estimate of drug-likeness (QED) is 0.900. The van der Waals surface area contributed by atoms with Crippen molar-refractivity contribution in [2.45, 2.75) is 13.5 Å². The minimum Gasteiger partial charge on any atom is -0.477 e. The van der Waals surface area contributed by atoms with Crippen LogP contribution in [0, 0.1) is 0 Å². The molecule has 4 nitrogen and oxygen atoms in total. The molecule has 0 saturated carbocycles. The number of rotatable bonds is 5. The van der Waals surface area contributed by atoms with E-state index in [-0.39, 0.29) is 0 Å². The van der Waals surface area contributed by atoms with Gasteiger partial charge in [0.05, 0.1) is 5.00 Å². The number of aromatic nitrogens is 1. The number of hydrogen-bond acceptors (Lipinski definition) is 4. The zero-order valence-corrected chi connectivity index (χ0v) is 10.9. The van der Waals surface area contributed by atoms with Crippen LogP contribution in [0.3, 0.4) is 0 Å². The molecule has 0 unspecified atom stereocenters. The monoisotopic (exact) mass is 262 g/mol. The predicted molar refractivity (Wildman–Crippen MR) is 72.2 cm³/mol. The standard InChI is InChI=1S/C13H14N2O2S/c1-2-15(9-10-5-7-14-8-6-10)12-4-3-11(18-12)13(16)17/h3-8H,2,9H2,1H3,(H,16,17). The molecule has 0 bridgehead atoms. The fraction of sp³-hybridized carbons (Fsp3) is 0.231. The lowest BCUT2D eigenvalue weighted by molar-refractivity contribution is 0.0702. The number of anilines is 1. The summed E-state index contributed by atoms with van der Waals surface area (Å²) in [5, 5.41) is 9.90. The van der Waals surface area contributed by atoms with Crippen LogP contribution in [0.5, 0.6) is 0 Å². The summed E-state index contributed by atoms with van der Waals surface area (Å²) in [6.07, 6.45) is 3.53. The number of hydrogen-bond donors (Lipinski definition) is 1. The fourth-order valence-electron chi connectivity index (χ4n) is 1.67. The molecule has 2 rings (SSSR count). The molecule has 0 saturated heterocycles. The van der Waals surface area contributed by atoms with Gasteiger partial charge in [0, 0.05) is 25.5 Å². The molecule has 0 fully saturated rings. The molecular formula is C13H14N2O2S. The van der Waals surface area contributed by atoms with Crippen molar-refractivity contribution in [2.75, 3.05) is 11.4 Å². The third-order valence-electron chi connectivity index (χ3n) is 2.62. The number of thiophene rings is 1. The van der Waals surface area contributed by atoms with Gasteiger partial charge in [-0.15, -0.1) is 11.3 Å². The zero-order valence-electron chi connectivity index (χ0n) is 10.0. The van der Waals surface area contributed by atoms with Gasteiger partial charge in [-0.25, -0.2) is 4.79 Å². The van der Waals surface area contributed by atoms with Crippen LogP contribution >= 0.6 is 11.3 Å².